The molecule has 2 rings (SSSR count). The van der Waals surface area contributed by atoms with Crippen LogP contribution in [0, 0.1) is 0 Å². The number of rotatable bonds is 42. The molecule has 7 N–H and O–H groups in total. The van der Waals surface area contributed by atoms with E-state index in [1.165, 1.54) is 0 Å². The van der Waals surface area contributed by atoms with Crippen LogP contribution in [0.25, 0.3) is 0 Å². The Morgan fingerprint density at radius 2 is 0.827 bits per heavy atom. The molecule has 2 aliphatic rings. The lowest BCUT2D eigenvalue weighted by molar-refractivity contribution is -0.332. The Hall–Kier alpha value is -3.87. The molecule has 14 nitrogen and oxygen atoms in total. The van der Waals surface area contributed by atoms with Crippen LogP contribution in [0.2, 0.25) is 0 Å². The number of hydrogen-bond donors (Lipinski definition) is 7. The van der Waals surface area contributed by atoms with E-state index in [0.717, 1.165) is 116 Å². The highest BCUT2D eigenvalue weighted by Gasteiger charge is 2.47. The first-order valence-corrected chi connectivity index (χ1v) is 27.8. The van der Waals surface area contributed by atoms with Crippen LogP contribution in [0.4, 0.5) is 0 Å². The maximum atomic E-state index is 13.0. The van der Waals surface area contributed by atoms with Gasteiger partial charge in [0.1, 0.15) is 54.9 Å². The molecule has 0 aliphatic carbocycles. The number of aliphatic hydroxyl groups is 7. The van der Waals surface area contributed by atoms with Crippen molar-refractivity contribution in [2.24, 2.45) is 0 Å². The summed E-state index contributed by atoms with van der Waals surface area (Å²) in [6, 6.07) is 0. The molecular weight excluding hydrogens is 957 g/mol. The normalized spacial score (nSPS) is 25.7. The average molecular weight is 1050 g/mol. The van der Waals surface area contributed by atoms with Gasteiger partial charge in [0.25, 0.3) is 0 Å². The molecule has 0 aromatic heterocycles. The van der Waals surface area contributed by atoms with E-state index in [1.807, 2.05) is 0 Å². The molecule has 0 aromatic carbocycles. The lowest BCUT2D eigenvalue weighted by Gasteiger charge is -2.42. The lowest BCUT2D eigenvalue weighted by atomic mass is 9.98. The summed E-state index contributed by atoms with van der Waals surface area (Å²) in [5, 5.41) is 72.3. The molecule has 0 radical (unpaired) electrons. The first kappa shape index (κ1) is 67.2. The Bertz CT molecular complexity index is 1740. The standard InChI is InChI=1S/C61H96O14/c1-3-5-7-9-11-13-15-17-19-21-22-23-24-25-26-27-29-31-33-35-37-39-41-43-45-70-47-50(73-53(63)44-42-40-38-36-34-32-30-28-20-18-16-14-12-10-8-6-4-2)48-71-60-59(69)57(67)55(65)52(75-60)49-72-61-58(68)56(66)54(64)51(46-62)74-61/h5-8,11-14,17-20,22-23,25-26,29-32,35,37,50-52,54-62,64-69H,3-4,9-10,15-16,21,24,27-28,33-34,36,38-49H2,1-2H3/b7-5-,8-6-,13-11-,14-12-,19-17-,20-18-,23-22-,26-25-,31-29-,32-30-,37-35-. The van der Waals surface area contributed by atoms with Crippen LogP contribution in [-0.2, 0) is 33.2 Å². The smallest absolute Gasteiger partial charge is 0.306 e. The molecule has 2 fully saturated rings. The molecule has 14 heteroatoms. The molecule has 0 bridgehead atoms. The minimum atomic E-state index is -1.73. The second-order valence-corrected chi connectivity index (χ2v) is 18.6. The van der Waals surface area contributed by atoms with Crippen LogP contribution >= 0.6 is 0 Å². The molecule has 0 spiro atoms. The second-order valence-electron chi connectivity index (χ2n) is 18.6. The third-order valence-electron chi connectivity index (χ3n) is 12.2. The van der Waals surface area contributed by atoms with Crippen molar-refractivity contribution in [3.05, 3.63) is 134 Å². The number of esters is 1. The maximum absolute atomic E-state index is 13.0. The summed E-state index contributed by atoms with van der Waals surface area (Å²) in [6.07, 6.45) is 49.4. The summed E-state index contributed by atoms with van der Waals surface area (Å²) in [5.41, 5.74) is 0. The lowest BCUT2D eigenvalue weighted by Crippen LogP contribution is -2.61. The molecule has 11 unspecified atom stereocenters. The van der Waals surface area contributed by atoms with Crippen molar-refractivity contribution in [2.75, 3.05) is 33.0 Å². The average Bonchev–Trinajstić information content (AvgIpc) is 3.41. The van der Waals surface area contributed by atoms with E-state index in [4.69, 9.17) is 28.4 Å². The minimum absolute atomic E-state index is 0.0107. The second kappa shape index (κ2) is 46.2. The zero-order valence-electron chi connectivity index (χ0n) is 45.2. The summed E-state index contributed by atoms with van der Waals surface area (Å²) in [4.78, 5) is 13.0. The maximum Gasteiger partial charge on any atom is 0.306 e. The monoisotopic (exact) mass is 1050 g/mol. The number of allylic oxidation sites excluding steroid dienone is 22. The number of ether oxygens (including phenoxy) is 6. The van der Waals surface area contributed by atoms with Gasteiger partial charge in [0, 0.05) is 13.0 Å². The van der Waals surface area contributed by atoms with Crippen LogP contribution in [0.3, 0.4) is 0 Å². The fraction of sp³-hybridized carbons (Fsp3) is 0.623. The predicted octanol–water partition coefficient (Wildman–Crippen LogP) is 9.52. The molecule has 0 aromatic rings. The fourth-order valence-electron chi connectivity index (χ4n) is 7.72. The molecule has 2 saturated heterocycles. The van der Waals surface area contributed by atoms with Crippen molar-refractivity contribution in [2.45, 2.75) is 210 Å². The number of carbonyl (C=O) groups excluding carboxylic acids is 1. The first-order chi connectivity index (χ1) is 36.6. The van der Waals surface area contributed by atoms with Crippen LogP contribution < -0.4 is 0 Å². The quantitative estimate of drug-likeness (QED) is 0.0172. The Morgan fingerprint density at radius 1 is 0.440 bits per heavy atom. The van der Waals surface area contributed by atoms with Crippen molar-refractivity contribution in [3.8, 4) is 0 Å². The Labute approximate surface area is 449 Å². The van der Waals surface area contributed by atoms with Crippen molar-refractivity contribution < 1.29 is 69.0 Å². The van der Waals surface area contributed by atoms with Gasteiger partial charge in [0.2, 0.25) is 0 Å². The Kier molecular flexibility index (Phi) is 41.5. The van der Waals surface area contributed by atoms with E-state index < -0.39 is 86.7 Å². The van der Waals surface area contributed by atoms with Crippen molar-refractivity contribution in [3.63, 3.8) is 0 Å². The summed E-state index contributed by atoms with van der Waals surface area (Å²) in [7, 11) is 0. The van der Waals surface area contributed by atoms with Gasteiger partial charge in [-0.1, -0.05) is 160 Å². The Morgan fingerprint density at radius 3 is 1.28 bits per heavy atom. The summed E-state index contributed by atoms with van der Waals surface area (Å²) >= 11 is 0. The number of hydrogen-bond acceptors (Lipinski definition) is 14. The van der Waals surface area contributed by atoms with Gasteiger partial charge in [-0.3, -0.25) is 4.79 Å². The SMILES string of the molecule is CC/C=C\C/C=C\C/C=C\C/C=C\C/C=C\C/C=C\C/C=C\CCCCOCC(COC1OC(COC2OC(CO)C(O)C(O)C2O)C(O)C(O)C1O)OC(=O)CCCCCC/C=C\C/C=C\C/C=C\C/C=C\CC. The number of unbranched alkanes of at least 4 members (excludes halogenated alkanes) is 6. The van der Waals surface area contributed by atoms with Crippen LogP contribution in [0.1, 0.15) is 142 Å². The van der Waals surface area contributed by atoms with Crippen molar-refractivity contribution in [1.82, 2.24) is 0 Å². The van der Waals surface area contributed by atoms with Gasteiger partial charge < -0.3 is 64.2 Å². The third-order valence-corrected chi connectivity index (χ3v) is 12.2. The van der Waals surface area contributed by atoms with Gasteiger partial charge in [-0.15, -0.1) is 0 Å². The molecule has 424 valence electrons. The molecule has 0 saturated carbocycles. The van der Waals surface area contributed by atoms with E-state index in [-0.39, 0.29) is 19.6 Å². The Balaban J connectivity index is 1.78. The first-order valence-electron chi connectivity index (χ1n) is 27.8. The highest BCUT2D eigenvalue weighted by atomic mass is 16.7. The minimum Gasteiger partial charge on any atom is -0.457 e. The van der Waals surface area contributed by atoms with E-state index >= 15 is 0 Å². The van der Waals surface area contributed by atoms with Gasteiger partial charge in [-0.05, 0) is 109 Å². The summed E-state index contributed by atoms with van der Waals surface area (Å²) < 4.78 is 34.2. The van der Waals surface area contributed by atoms with E-state index in [2.05, 4.69) is 148 Å². The van der Waals surface area contributed by atoms with Crippen molar-refractivity contribution >= 4 is 5.97 Å². The topological polar surface area (TPSA) is 214 Å². The fourth-order valence-corrected chi connectivity index (χ4v) is 7.72. The number of aliphatic hydroxyl groups excluding tert-OH is 7. The zero-order chi connectivity index (χ0) is 54.4. The van der Waals surface area contributed by atoms with Gasteiger partial charge in [0.05, 0.1) is 26.4 Å². The molecular formula is C61H96O14. The van der Waals surface area contributed by atoms with Crippen LogP contribution in [-0.4, -0.2) is 142 Å². The highest BCUT2D eigenvalue weighted by molar-refractivity contribution is 5.69. The van der Waals surface area contributed by atoms with Gasteiger partial charge >= 0.3 is 5.97 Å². The largest absolute Gasteiger partial charge is 0.457 e. The third kappa shape index (κ3) is 33.1. The molecule has 11 atom stereocenters. The van der Waals surface area contributed by atoms with E-state index in [1.54, 1.807) is 0 Å². The van der Waals surface area contributed by atoms with Crippen molar-refractivity contribution in [1.29, 1.82) is 0 Å². The number of carbonyl (C=O) groups is 1. The van der Waals surface area contributed by atoms with Gasteiger partial charge in [-0.2, -0.15) is 0 Å². The molecule has 0 amide bonds. The molecule has 75 heavy (non-hydrogen) atoms. The zero-order valence-corrected chi connectivity index (χ0v) is 45.2. The van der Waals surface area contributed by atoms with Crippen LogP contribution in [0.5, 0.6) is 0 Å². The molecule has 2 aliphatic heterocycles. The predicted molar refractivity (Wildman–Crippen MR) is 297 cm³/mol. The van der Waals surface area contributed by atoms with Gasteiger partial charge in [0.15, 0.2) is 12.6 Å². The summed E-state index contributed by atoms with van der Waals surface area (Å²) in [6.45, 7) is 3.27. The van der Waals surface area contributed by atoms with Crippen LogP contribution in [0.15, 0.2) is 134 Å². The highest BCUT2D eigenvalue weighted by Crippen LogP contribution is 2.26. The van der Waals surface area contributed by atoms with Gasteiger partial charge in [-0.25, -0.2) is 0 Å². The summed E-state index contributed by atoms with van der Waals surface area (Å²) in [5.74, 6) is -0.422. The van der Waals surface area contributed by atoms with E-state index in [0.29, 0.717) is 13.0 Å². The van der Waals surface area contributed by atoms with E-state index in [9.17, 15) is 40.5 Å². The molecule has 2 heterocycles.